The highest BCUT2D eigenvalue weighted by molar-refractivity contribution is 5.84. The highest BCUT2D eigenvalue weighted by Gasteiger charge is 2.33. The SMILES string of the molecule is CC(C)N(CC1CC1)C1CCCCCC1=O. The molecule has 1 atom stereocenters. The van der Waals surface area contributed by atoms with Gasteiger partial charge in [-0.1, -0.05) is 12.8 Å². The van der Waals surface area contributed by atoms with Crippen LogP contribution in [0.2, 0.25) is 0 Å². The van der Waals surface area contributed by atoms with Crippen LogP contribution in [0.3, 0.4) is 0 Å². The molecular weight excluding hydrogens is 198 g/mol. The minimum atomic E-state index is 0.239. The van der Waals surface area contributed by atoms with Gasteiger partial charge in [0, 0.05) is 19.0 Å². The number of hydrogen-bond acceptors (Lipinski definition) is 2. The van der Waals surface area contributed by atoms with Crippen LogP contribution >= 0.6 is 0 Å². The quantitative estimate of drug-likeness (QED) is 0.683. The van der Waals surface area contributed by atoms with Crippen LogP contribution in [-0.4, -0.2) is 29.3 Å². The van der Waals surface area contributed by atoms with E-state index in [4.69, 9.17) is 0 Å². The van der Waals surface area contributed by atoms with Crippen molar-refractivity contribution in [2.45, 2.75) is 70.9 Å². The maximum atomic E-state index is 12.1. The van der Waals surface area contributed by atoms with E-state index in [1.807, 2.05) is 0 Å². The fourth-order valence-corrected chi connectivity index (χ4v) is 2.79. The molecule has 2 nitrogen and oxygen atoms in total. The molecule has 0 aliphatic heterocycles. The second kappa shape index (κ2) is 5.31. The molecule has 2 fully saturated rings. The van der Waals surface area contributed by atoms with Crippen molar-refractivity contribution in [1.29, 1.82) is 0 Å². The van der Waals surface area contributed by atoms with E-state index in [1.165, 1.54) is 25.7 Å². The van der Waals surface area contributed by atoms with Crippen molar-refractivity contribution < 1.29 is 4.79 Å². The Labute approximate surface area is 99.4 Å². The Morgan fingerprint density at radius 2 is 1.94 bits per heavy atom. The normalized spacial score (nSPS) is 27.5. The first-order valence-corrected chi connectivity index (χ1v) is 6.97. The van der Waals surface area contributed by atoms with Crippen LogP contribution in [0, 0.1) is 5.92 Å². The number of ketones is 1. The zero-order valence-corrected chi connectivity index (χ0v) is 10.7. The lowest BCUT2D eigenvalue weighted by molar-refractivity contribution is -0.125. The monoisotopic (exact) mass is 223 g/mol. The van der Waals surface area contributed by atoms with Gasteiger partial charge in [0.1, 0.15) is 5.78 Å². The summed E-state index contributed by atoms with van der Waals surface area (Å²) in [6, 6.07) is 0.760. The van der Waals surface area contributed by atoms with Crippen molar-refractivity contribution in [3.8, 4) is 0 Å². The third-order valence-corrected chi connectivity index (χ3v) is 4.00. The zero-order valence-electron chi connectivity index (χ0n) is 10.7. The van der Waals surface area contributed by atoms with E-state index in [9.17, 15) is 4.79 Å². The summed E-state index contributed by atoms with van der Waals surface area (Å²) in [7, 11) is 0. The number of hydrogen-bond donors (Lipinski definition) is 0. The molecule has 0 spiro atoms. The van der Waals surface area contributed by atoms with Gasteiger partial charge in [-0.3, -0.25) is 9.69 Å². The molecular formula is C14H25NO. The van der Waals surface area contributed by atoms with E-state index in [-0.39, 0.29) is 6.04 Å². The Bertz CT molecular complexity index is 245. The summed E-state index contributed by atoms with van der Waals surface area (Å²) in [4.78, 5) is 14.6. The fraction of sp³-hybridized carbons (Fsp3) is 0.929. The Hall–Kier alpha value is -0.370. The number of carbonyl (C=O) groups is 1. The van der Waals surface area contributed by atoms with Crippen LogP contribution in [0.4, 0.5) is 0 Å². The first kappa shape index (κ1) is 12.1. The predicted molar refractivity (Wildman–Crippen MR) is 66.4 cm³/mol. The van der Waals surface area contributed by atoms with Gasteiger partial charge in [-0.2, -0.15) is 0 Å². The molecule has 2 saturated carbocycles. The van der Waals surface area contributed by atoms with E-state index in [1.54, 1.807) is 0 Å². The van der Waals surface area contributed by atoms with Gasteiger partial charge < -0.3 is 0 Å². The average Bonchev–Trinajstić information content (AvgIpc) is 3.03. The Morgan fingerprint density at radius 1 is 1.19 bits per heavy atom. The van der Waals surface area contributed by atoms with Crippen LogP contribution < -0.4 is 0 Å². The maximum absolute atomic E-state index is 12.1. The summed E-state index contributed by atoms with van der Waals surface area (Å²) < 4.78 is 0. The number of rotatable bonds is 4. The highest BCUT2D eigenvalue weighted by Crippen LogP contribution is 2.32. The first-order chi connectivity index (χ1) is 7.68. The lowest BCUT2D eigenvalue weighted by Crippen LogP contribution is -2.45. The standard InChI is InChI=1S/C14H25NO/c1-11(2)15(10-12-8-9-12)13-6-4-3-5-7-14(13)16/h11-13H,3-10H2,1-2H3. The Balaban J connectivity index is 2.00. The van der Waals surface area contributed by atoms with Crippen LogP contribution in [0.1, 0.15) is 58.8 Å². The van der Waals surface area contributed by atoms with E-state index < -0.39 is 0 Å². The number of Topliss-reactive ketones (excluding diaryl/α,β-unsaturated/α-hetero) is 1. The van der Waals surface area contributed by atoms with Gasteiger partial charge in [0.2, 0.25) is 0 Å². The molecule has 0 amide bonds. The lowest BCUT2D eigenvalue weighted by atomic mass is 10.0. The van der Waals surface area contributed by atoms with Crippen molar-refractivity contribution in [2.24, 2.45) is 5.92 Å². The van der Waals surface area contributed by atoms with Gasteiger partial charge in [0.25, 0.3) is 0 Å². The van der Waals surface area contributed by atoms with Crippen LogP contribution in [-0.2, 0) is 4.79 Å². The molecule has 16 heavy (non-hydrogen) atoms. The zero-order chi connectivity index (χ0) is 11.5. The number of nitrogens with zero attached hydrogens (tertiary/aromatic N) is 1. The predicted octanol–water partition coefficient (Wildman–Crippen LogP) is 3.01. The highest BCUT2D eigenvalue weighted by atomic mass is 16.1. The van der Waals surface area contributed by atoms with Gasteiger partial charge in [-0.15, -0.1) is 0 Å². The van der Waals surface area contributed by atoms with Crippen LogP contribution in [0.25, 0.3) is 0 Å². The van der Waals surface area contributed by atoms with Crippen molar-refractivity contribution in [3.05, 3.63) is 0 Å². The van der Waals surface area contributed by atoms with Crippen LogP contribution in [0.15, 0.2) is 0 Å². The van der Waals surface area contributed by atoms with E-state index in [2.05, 4.69) is 18.7 Å². The maximum Gasteiger partial charge on any atom is 0.149 e. The largest absolute Gasteiger partial charge is 0.298 e. The molecule has 2 aliphatic rings. The molecule has 0 bridgehead atoms. The summed E-state index contributed by atoms with van der Waals surface area (Å²) in [6.45, 7) is 5.63. The average molecular weight is 223 g/mol. The molecule has 0 heterocycles. The molecule has 2 aliphatic carbocycles. The minimum Gasteiger partial charge on any atom is -0.298 e. The second-order valence-corrected chi connectivity index (χ2v) is 5.82. The molecule has 0 N–H and O–H groups in total. The van der Waals surface area contributed by atoms with E-state index in [0.717, 1.165) is 31.7 Å². The summed E-state index contributed by atoms with van der Waals surface area (Å²) in [5.41, 5.74) is 0. The fourth-order valence-electron chi connectivity index (χ4n) is 2.79. The van der Waals surface area contributed by atoms with E-state index in [0.29, 0.717) is 11.8 Å². The Morgan fingerprint density at radius 3 is 2.56 bits per heavy atom. The molecule has 0 aromatic heterocycles. The van der Waals surface area contributed by atoms with Gasteiger partial charge in [0.05, 0.1) is 6.04 Å². The molecule has 0 aromatic carbocycles. The number of carbonyl (C=O) groups excluding carboxylic acids is 1. The Kier molecular flexibility index (Phi) is 4.01. The van der Waals surface area contributed by atoms with Crippen molar-refractivity contribution in [2.75, 3.05) is 6.54 Å². The van der Waals surface area contributed by atoms with Gasteiger partial charge in [-0.25, -0.2) is 0 Å². The lowest BCUT2D eigenvalue weighted by Gasteiger charge is -2.33. The molecule has 2 heteroatoms. The summed E-state index contributed by atoms with van der Waals surface area (Å²) in [5, 5.41) is 0. The second-order valence-electron chi connectivity index (χ2n) is 5.82. The molecule has 1 unspecified atom stereocenters. The first-order valence-electron chi connectivity index (χ1n) is 6.97. The topological polar surface area (TPSA) is 20.3 Å². The molecule has 2 rings (SSSR count). The third-order valence-electron chi connectivity index (χ3n) is 4.00. The van der Waals surface area contributed by atoms with Gasteiger partial charge in [0.15, 0.2) is 0 Å². The van der Waals surface area contributed by atoms with Gasteiger partial charge >= 0.3 is 0 Å². The third kappa shape index (κ3) is 3.07. The molecule has 0 saturated heterocycles. The van der Waals surface area contributed by atoms with E-state index >= 15 is 0 Å². The van der Waals surface area contributed by atoms with Crippen molar-refractivity contribution >= 4 is 5.78 Å². The smallest absolute Gasteiger partial charge is 0.149 e. The molecule has 0 aromatic rings. The minimum absolute atomic E-state index is 0.239. The molecule has 92 valence electrons. The summed E-state index contributed by atoms with van der Waals surface area (Å²) in [6.07, 6.45) is 8.28. The summed E-state index contributed by atoms with van der Waals surface area (Å²) in [5.74, 6) is 1.39. The molecule has 0 radical (unpaired) electrons. The van der Waals surface area contributed by atoms with Crippen molar-refractivity contribution in [1.82, 2.24) is 4.90 Å². The summed E-state index contributed by atoms with van der Waals surface area (Å²) >= 11 is 0. The van der Waals surface area contributed by atoms with Gasteiger partial charge in [-0.05, 0) is 45.4 Å². The van der Waals surface area contributed by atoms with Crippen molar-refractivity contribution in [3.63, 3.8) is 0 Å². The van der Waals surface area contributed by atoms with Crippen LogP contribution in [0.5, 0.6) is 0 Å².